The van der Waals surface area contributed by atoms with Crippen LogP contribution in [0.3, 0.4) is 0 Å². The van der Waals surface area contributed by atoms with Gasteiger partial charge in [0.25, 0.3) is 0 Å². The standard InChI is InChI=1S/C8H16N4O/c1-8(2,3)5(9)6-10-11-7(13)12(6)4/h5H,9H2,1-4H3,(H,11,13)/t5-/m1/s1. The molecule has 5 nitrogen and oxygen atoms in total. The van der Waals surface area contributed by atoms with Crippen LogP contribution in [0.5, 0.6) is 0 Å². The van der Waals surface area contributed by atoms with Crippen molar-refractivity contribution >= 4 is 0 Å². The third-order valence-electron chi connectivity index (χ3n) is 2.13. The van der Waals surface area contributed by atoms with Gasteiger partial charge in [-0.2, -0.15) is 5.10 Å². The first kappa shape index (κ1) is 9.98. The largest absolute Gasteiger partial charge is 0.343 e. The minimum atomic E-state index is -0.239. The number of H-pyrrole nitrogens is 1. The van der Waals surface area contributed by atoms with Crippen molar-refractivity contribution in [2.24, 2.45) is 18.2 Å². The van der Waals surface area contributed by atoms with E-state index in [9.17, 15) is 4.79 Å². The summed E-state index contributed by atoms with van der Waals surface area (Å²) >= 11 is 0. The van der Waals surface area contributed by atoms with Gasteiger partial charge in [-0.25, -0.2) is 9.89 Å². The molecule has 1 aromatic rings. The van der Waals surface area contributed by atoms with E-state index >= 15 is 0 Å². The van der Waals surface area contributed by atoms with E-state index in [4.69, 9.17) is 5.73 Å². The number of aromatic amines is 1. The summed E-state index contributed by atoms with van der Waals surface area (Å²) in [5.74, 6) is 0.595. The second kappa shape index (κ2) is 2.99. The van der Waals surface area contributed by atoms with Crippen molar-refractivity contribution in [3.05, 3.63) is 16.3 Å². The van der Waals surface area contributed by atoms with E-state index in [1.165, 1.54) is 4.57 Å². The van der Waals surface area contributed by atoms with E-state index in [0.717, 1.165) is 0 Å². The normalized spacial score (nSPS) is 14.5. The van der Waals surface area contributed by atoms with Crippen LogP contribution in [-0.4, -0.2) is 14.8 Å². The zero-order valence-corrected chi connectivity index (χ0v) is 8.46. The fraction of sp³-hybridized carbons (Fsp3) is 0.750. The lowest BCUT2D eigenvalue weighted by Gasteiger charge is -2.25. The highest BCUT2D eigenvalue weighted by molar-refractivity contribution is 4.98. The van der Waals surface area contributed by atoms with Crippen LogP contribution in [0.2, 0.25) is 0 Å². The van der Waals surface area contributed by atoms with Crippen molar-refractivity contribution in [1.82, 2.24) is 14.8 Å². The van der Waals surface area contributed by atoms with Crippen molar-refractivity contribution < 1.29 is 0 Å². The molecule has 0 radical (unpaired) electrons. The Morgan fingerprint density at radius 2 is 2.08 bits per heavy atom. The fourth-order valence-electron chi connectivity index (χ4n) is 1.02. The zero-order chi connectivity index (χ0) is 10.2. The molecule has 0 aliphatic carbocycles. The van der Waals surface area contributed by atoms with Crippen LogP contribution in [0.25, 0.3) is 0 Å². The van der Waals surface area contributed by atoms with Crippen LogP contribution in [0.4, 0.5) is 0 Å². The van der Waals surface area contributed by atoms with Crippen LogP contribution in [0, 0.1) is 5.41 Å². The molecule has 13 heavy (non-hydrogen) atoms. The van der Waals surface area contributed by atoms with Gasteiger partial charge in [-0.3, -0.25) is 4.57 Å². The highest BCUT2D eigenvalue weighted by atomic mass is 16.1. The second-order valence-electron chi connectivity index (χ2n) is 4.29. The molecule has 0 spiro atoms. The van der Waals surface area contributed by atoms with E-state index < -0.39 is 0 Å². The van der Waals surface area contributed by atoms with E-state index in [1.54, 1.807) is 7.05 Å². The second-order valence-corrected chi connectivity index (χ2v) is 4.29. The van der Waals surface area contributed by atoms with Crippen LogP contribution in [0.1, 0.15) is 32.6 Å². The molecule has 0 saturated heterocycles. The molecule has 0 saturated carbocycles. The monoisotopic (exact) mass is 184 g/mol. The Balaban J connectivity index is 3.09. The predicted molar refractivity (Wildman–Crippen MR) is 50.2 cm³/mol. The van der Waals surface area contributed by atoms with E-state index in [0.29, 0.717) is 5.82 Å². The lowest BCUT2D eigenvalue weighted by molar-refractivity contribution is 0.309. The Labute approximate surface area is 76.9 Å². The molecule has 1 rings (SSSR count). The SMILES string of the molecule is Cn1c([C@@H](N)C(C)(C)C)n[nH]c1=O. The molecule has 0 amide bonds. The number of rotatable bonds is 1. The van der Waals surface area contributed by atoms with Gasteiger partial charge < -0.3 is 5.73 Å². The molecule has 5 heteroatoms. The summed E-state index contributed by atoms with van der Waals surface area (Å²) in [6, 6.07) is -0.239. The third kappa shape index (κ3) is 1.80. The average molecular weight is 184 g/mol. The minimum absolute atomic E-state index is 0.0978. The highest BCUT2D eigenvalue weighted by Crippen LogP contribution is 2.27. The third-order valence-corrected chi connectivity index (χ3v) is 2.13. The summed E-state index contributed by atoms with van der Waals surface area (Å²) in [5.41, 5.74) is 5.62. The zero-order valence-electron chi connectivity index (χ0n) is 8.46. The molecule has 0 aliphatic rings. The number of hydrogen-bond acceptors (Lipinski definition) is 3. The molecular weight excluding hydrogens is 168 g/mol. The van der Waals surface area contributed by atoms with E-state index in [1.807, 2.05) is 20.8 Å². The Kier molecular flexibility index (Phi) is 2.30. The summed E-state index contributed by atoms with van der Waals surface area (Å²) in [7, 11) is 1.66. The maximum Gasteiger partial charge on any atom is 0.343 e. The van der Waals surface area contributed by atoms with Crippen molar-refractivity contribution in [3.8, 4) is 0 Å². The van der Waals surface area contributed by atoms with Crippen LogP contribution in [0.15, 0.2) is 4.79 Å². The Morgan fingerprint density at radius 1 is 1.54 bits per heavy atom. The number of nitrogens with two attached hydrogens (primary N) is 1. The molecule has 74 valence electrons. The molecule has 1 atom stereocenters. The first-order chi connectivity index (χ1) is 5.84. The topological polar surface area (TPSA) is 76.7 Å². The molecule has 0 bridgehead atoms. The van der Waals surface area contributed by atoms with E-state index in [-0.39, 0.29) is 17.1 Å². The Morgan fingerprint density at radius 3 is 2.38 bits per heavy atom. The molecule has 0 aromatic carbocycles. The van der Waals surface area contributed by atoms with Crippen molar-refractivity contribution in [1.29, 1.82) is 0 Å². The van der Waals surface area contributed by atoms with Gasteiger partial charge in [-0.15, -0.1) is 0 Å². The van der Waals surface area contributed by atoms with Crippen molar-refractivity contribution in [3.63, 3.8) is 0 Å². The lowest BCUT2D eigenvalue weighted by atomic mass is 9.87. The molecule has 0 unspecified atom stereocenters. The van der Waals surface area contributed by atoms with Crippen LogP contribution < -0.4 is 11.4 Å². The fourth-order valence-corrected chi connectivity index (χ4v) is 1.02. The van der Waals surface area contributed by atoms with Crippen LogP contribution >= 0.6 is 0 Å². The lowest BCUT2D eigenvalue weighted by Crippen LogP contribution is -2.30. The Hall–Kier alpha value is -1.10. The van der Waals surface area contributed by atoms with Gasteiger partial charge in [0, 0.05) is 7.05 Å². The molecule has 0 fully saturated rings. The average Bonchev–Trinajstić information content (AvgIpc) is 2.30. The number of nitrogens with zero attached hydrogens (tertiary/aromatic N) is 2. The minimum Gasteiger partial charge on any atom is -0.321 e. The quantitative estimate of drug-likeness (QED) is 0.652. The van der Waals surface area contributed by atoms with Gasteiger partial charge in [0.05, 0.1) is 6.04 Å². The molecular formula is C8H16N4O. The summed E-state index contributed by atoms with van der Waals surface area (Å²) in [5, 5.41) is 6.25. The highest BCUT2D eigenvalue weighted by Gasteiger charge is 2.26. The molecule has 3 N–H and O–H groups in total. The van der Waals surface area contributed by atoms with Gasteiger partial charge in [-0.1, -0.05) is 20.8 Å². The summed E-state index contributed by atoms with van der Waals surface area (Å²) in [4.78, 5) is 11.1. The number of nitrogens with one attached hydrogen (secondary N) is 1. The maximum atomic E-state index is 11.1. The molecule has 1 aromatic heterocycles. The molecule has 0 aliphatic heterocycles. The van der Waals surface area contributed by atoms with Gasteiger partial charge in [-0.05, 0) is 5.41 Å². The van der Waals surface area contributed by atoms with Gasteiger partial charge in [0.15, 0.2) is 5.82 Å². The summed E-state index contributed by atoms with van der Waals surface area (Å²) in [6.45, 7) is 6.03. The maximum absolute atomic E-state index is 11.1. The molecule has 1 heterocycles. The van der Waals surface area contributed by atoms with Gasteiger partial charge >= 0.3 is 5.69 Å². The predicted octanol–water partition coefficient (Wildman–Crippen LogP) is 0.154. The van der Waals surface area contributed by atoms with Gasteiger partial charge in [0.1, 0.15) is 0 Å². The first-order valence-electron chi connectivity index (χ1n) is 4.21. The number of aromatic nitrogens is 3. The Bertz CT molecular complexity index is 344. The number of hydrogen-bond donors (Lipinski definition) is 2. The first-order valence-corrected chi connectivity index (χ1v) is 4.21. The summed E-state index contributed by atoms with van der Waals surface area (Å²) < 4.78 is 1.44. The van der Waals surface area contributed by atoms with E-state index in [2.05, 4.69) is 10.2 Å². The van der Waals surface area contributed by atoms with Crippen molar-refractivity contribution in [2.45, 2.75) is 26.8 Å². The smallest absolute Gasteiger partial charge is 0.321 e. The van der Waals surface area contributed by atoms with Crippen LogP contribution in [-0.2, 0) is 7.05 Å². The summed E-state index contributed by atoms with van der Waals surface area (Å²) in [6.07, 6.45) is 0. The van der Waals surface area contributed by atoms with Gasteiger partial charge in [0.2, 0.25) is 0 Å². The van der Waals surface area contributed by atoms with Crippen molar-refractivity contribution in [2.75, 3.05) is 0 Å².